The minimum absolute atomic E-state index is 0.00241. The van der Waals surface area contributed by atoms with Gasteiger partial charge in [0.25, 0.3) is 0 Å². The Morgan fingerprint density at radius 1 is 1.27 bits per heavy atom. The third kappa shape index (κ3) is 3.24. The highest BCUT2D eigenvalue weighted by atomic mass is 35.5. The first-order valence-electron chi connectivity index (χ1n) is 6.56. The molecule has 1 atom stereocenters. The summed E-state index contributed by atoms with van der Waals surface area (Å²) in [5.74, 6) is -0.00241. The zero-order chi connectivity index (χ0) is 15.5. The number of carbonyl (C=O) groups is 1. The molecule has 112 valence electrons. The van der Waals surface area contributed by atoms with Crippen LogP contribution in [-0.2, 0) is 4.79 Å². The second-order valence-electron chi connectivity index (χ2n) is 4.55. The molecule has 3 rings (SSSR count). The number of rotatable bonds is 3. The summed E-state index contributed by atoms with van der Waals surface area (Å²) in [6, 6.07) is 11.0. The molecule has 1 fully saturated rings. The predicted molar refractivity (Wildman–Crippen MR) is 95.3 cm³/mol. The van der Waals surface area contributed by atoms with Crippen molar-refractivity contribution in [1.29, 1.82) is 0 Å². The Balaban J connectivity index is 1.88. The molecule has 0 aliphatic carbocycles. The predicted octanol–water partition coefficient (Wildman–Crippen LogP) is 4.26. The van der Waals surface area contributed by atoms with Gasteiger partial charge in [0.15, 0.2) is 5.17 Å². The van der Waals surface area contributed by atoms with Crippen molar-refractivity contribution in [2.75, 3.05) is 4.90 Å². The maximum atomic E-state index is 12.3. The van der Waals surface area contributed by atoms with Crippen LogP contribution in [0.3, 0.4) is 0 Å². The molecule has 7 heteroatoms. The fourth-order valence-electron chi connectivity index (χ4n) is 1.93. The van der Waals surface area contributed by atoms with E-state index in [1.807, 2.05) is 24.4 Å². The van der Waals surface area contributed by atoms with Crippen molar-refractivity contribution in [3.63, 3.8) is 0 Å². The molecule has 0 saturated carbocycles. The van der Waals surface area contributed by atoms with E-state index in [2.05, 4.69) is 10.2 Å². The normalized spacial score (nSPS) is 20.5. The van der Waals surface area contributed by atoms with Crippen LogP contribution in [0, 0.1) is 0 Å². The lowest BCUT2D eigenvalue weighted by atomic mass is 10.3. The largest absolute Gasteiger partial charge is 0.273 e. The van der Waals surface area contributed by atoms with Crippen molar-refractivity contribution in [3.05, 3.63) is 51.7 Å². The number of thioether (sulfide) groups is 1. The standard InChI is InChI=1S/C15H12ClN3OS2/c1-10-14(20)19(12-6-4-11(16)5-7-12)15(22-10)18-17-9-13-3-2-8-21-13/h2-10H,1H3. The molecule has 1 unspecified atom stereocenters. The third-order valence-electron chi connectivity index (χ3n) is 3.00. The van der Waals surface area contributed by atoms with E-state index < -0.39 is 0 Å². The Labute approximate surface area is 141 Å². The van der Waals surface area contributed by atoms with Gasteiger partial charge in [0.1, 0.15) is 0 Å². The number of nitrogens with zero attached hydrogens (tertiary/aromatic N) is 3. The number of hydrogen-bond acceptors (Lipinski definition) is 5. The lowest BCUT2D eigenvalue weighted by molar-refractivity contribution is -0.116. The quantitative estimate of drug-likeness (QED) is 0.614. The number of hydrogen-bond donors (Lipinski definition) is 0. The summed E-state index contributed by atoms with van der Waals surface area (Å²) in [5.41, 5.74) is 0.747. The number of amides is 1. The Kier molecular flexibility index (Phi) is 4.61. The second kappa shape index (κ2) is 6.64. The molecule has 0 N–H and O–H groups in total. The summed E-state index contributed by atoms with van der Waals surface area (Å²) < 4.78 is 0. The first kappa shape index (κ1) is 15.3. The smallest absolute Gasteiger partial charge is 0.246 e. The molecule has 1 aromatic heterocycles. The van der Waals surface area contributed by atoms with Crippen LogP contribution in [-0.4, -0.2) is 22.5 Å². The van der Waals surface area contributed by atoms with Gasteiger partial charge in [-0.25, -0.2) is 0 Å². The van der Waals surface area contributed by atoms with E-state index in [0.29, 0.717) is 10.2 Å². The van der Waals surface area contributed by atoms with Crippen LogP contribution < -0.4 is 4.90 Å². The molecular formula is C15H12ClN3OS2. The fourth-order valence-corrected chi connectivity index (χ4v) is 3.56. The topological polar surface area (TPSA) is 45.0 Å². The molecule has 22 heavy (non-hydrogen) atoms. The van der Waals surface area contributed by atoms with Crippen LogP contribution in [0.4, 0.5) is 5.69 Å². The van der Waals surface area contributed by atoms with Crippen molar-refractivity contribution in [1.82, 2.24) is 0 Å². The van der Waals surface area contributed by atoms with E-state index in [9.17, 15) is 4.79 Å². The first-order valence-corrected chi connectivity index (χ1v) is 8.69. The van der Waals surface area contributed by atoms with E-state index in [1.165, 1.54) is 11.8 Å². The summed E-state index contributed by atoms with van der Waals surface area (Å²) in [5, 5.41) is 11.3. The van der Waals surface area contributed by atoms with E-state index in [0.717, 1.165) is 10.6 Å². The zero-order valence-electron chi connectivity index (χ0n) is 11.6. The Hall–Kier alpha value is -1.63. The minimum atomic E-state index is -0.175. The van der Waals surface area contributed by atoms with Gasteiger partial charge >= 0.3 is 0 Å². The average molecular weight is 350 g/mol. The molecule has 0 radical (unpaired) electrons. The number of halogens is 1. The summed E-state index contributed by atoms with van der Waals surface area (Å²) in [6.45, 7) is 1.86. The SMILES string of the molecule is CC1SC(=NN=Cc2cccs2)N(c2ccc(Cl)cc2)C1=O. The van der Waals surface area contributed by atoms with E-state index >= 15 is 0 Å². The van der Waals surface area contributed by atoms with Crippen LogP contribution >= 0.6 is 34.7 Å². The van der Waals surface area contributed by atoms with Gasteiger partial charge in [0.2, 0.25) is 5.91 Å². The molecule has 1 saturated heterocycles. The van der Waals surface area contributed by atoms with Crippen molar-refractivity contribution in [2.45, 2.75) is 12.2 Å². The van der Waals surface area contributed by atoms with Gasteiger partial charge < -0.3 is 0 Å². The molecule has 1 aromatic carbocycles. The maximum Gasteiger partial charge on any atom is 0.246 e. The highest BCUT2D eigenvalue weighted by Crippen LogP contribution is 2.32. The molecular weight excluding hydrogens is 338 g/mol. The number of amidine groups is 1. The van der Waals surface area contributed by atoms with Crippen LogP contribution in [0.1, 0.15) is 11.8 Å². The third-order valence-corrected chi connectivity index (χ3v) is 5.09. The Morgan fingerprint density at radius 2 is 2.05 bits per heavy atom. The highest BCUT2D eigenvalue weighted by molar-refractivity contribution is 8.16. The number of benzene rings is 1. The van der Waals surface area contributed by atoms with E-state index in [1.54, 1.807) is 46.7 Å². The van der Waals surface area contributed by atoms with Crippen LogP contribution in [0.2, 0.25) is 5.02 Å². The summed E-state index contributed by atoms with van der Waals surface area (Å²) in [4.78, 5) is 14.9. The summed E-state index contributed by atoms with van der Waals surface area (Å²) in [7, 11) is 0. The van der Waals surface area contributed by atoms with Crippen molar-refractivity contribution >= 4 is 57.7 Å². The zero-order valence-corrected chi connectivity index (χ0v) is 14.0. The van der Waals surface area contributed by atoms with E-state index in [4.69, 9.17) is 11.6 Å². The van der Waals surface area contributed by atoms with Gasteiger partial charge in [-0.2, -0.15) is 5.10 Å². The molecule has 0 spiro atoms. The van der Waals surface area contributed by atoms with E-state index in [-0.39, 0.29) is 11.2 Å². The van der Waals surface area contributed by atoms with Crippen molar-refractivity contribution < 1.29 is 4.79 Å². The molecule has 0 bridgehead atoms. The van der Waals surface area contributed by atoms with Crippen LogP contribution in [0.25, 0.3) is 0 Å². The van der Waals surface area contributed by atoms with Gasteiger partial charge in [0.05, 0.1) is 17.2 Å². The second-order valence-corrected chi connectivity index (χ2v) is 7.28. The highest BCUT2D eigenvalue weighted by Gasteiger charge is 2.36. The van der Waals surface area contributed by atoms with Gasteiger partial charge in [-0.15, -0.1) is 16.4 Å². The lowest BCUT2D eigenvalue weighted by Crippen LogP contribution is -2.31. The molecule has 2 aromatic rings. The van der Waals surface area contributed by atoms with Gasteiger partial charge in [-0.05, 0) is 42.6 Å². The summed E-state index contributed by atoms with van der Waals surface area (Å²) >= 11 is 8.88. The lowest BCUT2D eigenvalue weighted by Gasteiger charge is -2.15. The molecule has 1 amide bonds. The molecule has 1 aliphatic rings. The molecule has 4 nitrogen and oxygen atoms in total. The Morgan fingerprint density at radius 3 is 2.73 bits per heavy atom. The van der Waals surface area contributed by atoms with Crippen LogP contribution in [0.5, 0.6) is 0 Å². The monoisotopic (exact) mass is 349 g/mol. The van der Waals surface area contributed by atoms with Crippen molar-refractivity contribution in [2.24, 2.45) is 10.2 Å². The average Bonchev–Trinajstić information content (AvgIpc) is 3.10. The van der Waals surface area contributed by atoms with Crippen molar-refractivity contribution in [3.8, 4) is 0 Å². The maximum absolute atomic E-state index is 12.3. The number of thiophene rings is 1. The summed E-state index contributed by atoms with van der Waals surface area (Å²) in [6.07, 6.45) is 1.69. The van der Waals surface area contributed by atoms with Gasteiger partial charge in [-0.3, -0.25) is 9.69 Å². The number of carbonyl (C=O) groups excluding carboxylic acids is 1. The molecule has 1 aliphatic heterocycles. The first-order chi connectivity index (χ1) is 10.6. The van der Waals surface area contributed by atoms with Crippen LogP contribution in [0.15, 0.2) is 52.0 Å². The molecule has 2 heterocycles. The van der Waals surface area contributed by atoms with Gasteiger partial charge in [-0.1, -0.05) is 29.4 Å². The fraction of sp³-hybridized carbons (Fsp3) is 0.133. The minimum Gasteiger partial charge on any atom is -0.273 e. The number of anilines is 1. The van der Waals surface area contributed by atoms with Gasteiger partial charge in [0, 0.05) is 9.90 Å². The Bertz CT molecular complexity index is 726.